The third-order valence-electron chi connectivity index (χ3n) is 2.78. The van der Waals surface area contributed by atoms with Crippen LogP contribution in [0.1, 0.15) is 19.3 Å². The van der Waals surface area contributed by atoms with Crippen LogP contribution >= 0.6 is 15.9 Å². The molecule has 1 aliphatic heterocycles. The van der Waals surface area contributed by atoms with Gasteiger partial charge in [0.25, 0.3) is 5.56 Å². The molecule has 3 nitrogen and oxygen atoms in total. The average Bonchev–Trinajstić information content (AvgIpc) is 2.25. The Labute approximate surface area is 97.6 Å². The van der Waals surface area contributed by atoms with Gasteiger partial charge in [-0.3, -0.25) is 4.79 Å². The lowest BCUT2D eigenvalue weighted by Crippen LogP contribution is -2.39. The maximum absolute atomic E-state index is 11.6. The van der Waals surface area contributed by atoms with Crippen molar-refractivity contribution in [3.8, 4) is 0 Å². The third kappa shape index (κ3) is 2.92. The van der Waals surface area contributed by atoms with E-state index in [4.69, 9.17) is 0 Å². The van der Waals surface area contributed by atoms with Crippen molar-refractivity contribution in [2.24, 2.45) is 0 Å². The van der Waals surface area contributed by atoms with Crippen LogP contribution < -0.4 is 10.9 Å². The molecule has 0 spiro atoms. The van der Waals surface area contributed by atoms with Crippen LogP contribution in [0, 0.1) is 0 Å². The van der Waals surface area contributed by atoms with Crippen LogP contribution in [0.5, 0.6) is 0 Å². The van der Waals surface area contributed by atoms with Gasteiger partial charge in [0, 0.05) is 29.3 Å². The zero-order valence-corrected chi connectivity index (χ0v) is 10.2. The number of piperidine rings is 1. The molecule has 0 bridgehead atoms. The van der Waals surface area contributed by atoms with Gasteiger partial charge in [0.05, 0.1) is 0 Å². The molecule has 1 saturated heterocycles. The minimum atomic E-state index is 0.0746. The molecule has 0 aliphatic carbocycles. The molecule has 0 radical (unpaired) electrons. The summed E-state index contributed by atoms with van der Waals surface area (Å²) in [5.41, 5.74) is 0.0746. The van der Waals surface area contributed by atoms with Gasteiger partial charge in [0.1, 0.15) is 0 Å². The fraction of sp³-hybridized carbons (Fsp3) is 0.545. The van der Waals surface area contributed by atoms with Crippen molar-refractivity contribution < 1.29 is 0 Å². The van der Waals surface area contributed by atoms with E-state index in [1.807, 2.05) is 6.20 Å². The normalized spacial score (nSPS) is 21.5. The van der Waals surface area contributed by atoms with Crippen molar-refractivity contribution in [3.63, 3.8) is 0 Å². The Kier molecular flexibility index (Phi) is 3.59. The Hall–Kier alpha value is -0.610. The number of aromatic nitrogens is 1. The van der Waals surface area contributed by atoms with Crippen LogP contribution in [0.25, 0.3) is 0 Å². The van der Waals surface area contributed by atoms with E-state index in [0.29, 0.717) is 6.04 Å². The standard InChI is InChI=1S/C11H15BrN2O/c12-9-4-5-11(15)14(7-9)8-10-3-1-2-6-13-10/h4-5,7,10,13H,1-3,6,8H2. The Balaban J connectivity index is 2.09. The van der Waals surface area contributed by atoms with E-state index in [1.165, 1.54) is 19.3 Å². The summed E-state index contributed by atoms with van der Waals surface area (Å²) in [6, 6.07) is 3.84. The zero-order valence-electron chi connectivity index (χ0n) is 8.58. The molecule has 1 N–H and O–H groups in total. The fourth-order valence-corrected chi connectivity index (χ4v) is 2.34. The highest BCUT2D eigenvalue weighted by Crippen LogP contribution is 2.10. The van der Waals surface area contributed by atoms with Crippen molar-refractivity contribution in [3.05, 3.63) is 33.2 Å². The molecule has 15 heavy (non-hydrogen) atoms. The number of nitrogens with zero attached hydrogens (tertiary/aromatic N) is 1. The highest BCUT2D eigenvalue weighted by molar-refractivity contribution is 9.10. The SMILES string of the molecule is O=c1ccc(Br)cn1CC1CCCCN1. The molecule has 1 aromatic rings. The number of nitrogens with one attached hydrogen (secondary N) is 1. The lowest BCUT2D eigenvalue weighted by atomic mass is 10.1. The Bertz CT molecular complexity index is 382. The van der Waals surface area contributed by atoms with Crippen molar-refractivity contribution in [1.82, 2.24) is 9.88 Å². The number of pyridine rings is 1. The van der Waals surface area contributed by atoms with Crippen LogP contribution in [-0.2, 0) is 6.54 Å². The number of halogens is 1. The summed E-state index contributed by atoms with van der Waals surface area (Å²) < 4.78 is 2.73. The van der Waals surface area contributed by atoms with Gasteiger partial charge in [-0.05, 0) is 41.4 Å². The molecule has 0 aromatic carbocycles. The minimum Gasteiger partial charge on any atom is -0.313 e. The molecule has 1 atom stereocenters. The molecular formula is C11H15BrN2O. The van der Waals surface area contributed by atoms with Crippen LogP contribution in [0.15, 0.2) is 27.6 Å². The molecule has 2 heterocycles. The molecule has 1 aromatic heterocycles. The molecule has 0 saturated carbocycles. The number of hydrogen-bond acceptors (Lipinski definition) is 2. The predicted octanol–water partition coefficient (Wildman–Crippen LogP) is 1.75. The largest absolute Gasteiger partial charge is 0.313 e. The molecule has 4 heteroatoms. The van der Waals surface area contributed by atoms with Crippen molar-refractivity contribution >= 4 is 15.9 Å². The maximum Gasteiger partial charge on any atom is 0.250 e. The topological polar surface area (TPSA) is 34.0 Å². The van der Waals surface area contributed by atoms with Gasteiger partial charge in [-0.15, -0.1) is 0 Å². The summed E-state index contributed by atoms with van der Waals surface area (Å²) in [5, 5.41) is 3.44. The summed E-state index contributed by atoms with van der Waals surface area (Å²) in [5.74, 6) is 0. The molecule has 82 valence electrons. The lowest BCUT2D eigenvalue weighted by molar-refractivity contribution is 0.359. The second kappa shape index (κ2) is 4.94. The predicted molar refractivity (Wildman–Crippen MR) is 64.0 cm³/mol. The molecule has 1 fully saturated rings. The Morgan fingerprint density at radius 3 is 3.07 bits per heavy atom. The fourth-order valence-electron chi connectivity index (χ4n) is 1.96. The van der Waals surface area contributed by atoms with Crippen LogP contribution in [0.2, 0.25) is 0 Å². The second-order valence-corrected chi connectivity index (χ2v) is 4.90. The smallest absolute Gasteiger partial charge is 0.250 e. The summed E-state index contributed by atoms with van der Waals surface area (Å²) in [6.07, 6.45) is 5.54. The molecule has 1 unspecified atom stereocenters. The van der Waals surface area contributed by atoms with Crippen molar-refractivity contribution in [2.45, 2.75) is 31.8 Å². The van der Waals surface area contributed by atoms with Gasteiger partial charge in [0.2, 0.25) is 0 Å². The summed E-state index contributed by atoms with van der Waals surface area (Å²) in [4.78, 5) is 11.6. The van der Waals surface area contributed by atoms with Gasteiger partial charge in [-0.2, -0.15) is 0 Å². The van der Waals surface area contributed by atoms with Gasteiger partial charge in [0.15, 0.2) is 0 Å². The molecule has 1 aliphatic rings. The lowest BCUT2D eigenvalue weighted by Gasteiger charge is -2.24. The van der Waals surface area contributed by atoms with Gasteiger partial charge < -0.3 is 9.88 Å². The first-order valence-corrected chi connectivity index (χ1v) is 6.14. The highest BCUT2D eigenvalue weighted by atomic mass is 79.9. The van der Waals surface area contributed by atoms with Gasteiger partial charge >= 0.3 is 0 Å². The monoisotopic (exact) mass is 270 g/mol. The van der Waals surface area contributed by atoms with E-state index in [2.05, 4.69) is 21.2 Å². The van der Waals surface area contributed by atoms with Crippen molar-refractivity contribution in [1.29, 1.82) is 0 Å². The van der Waals surface area contributed by atoms with Crippen LogP contribution in [-0.4, -0.2) is 17.2 Å². The van der Waals surface area contributed by atoms with Crippen molar-refractivity contribution in [2.75, 3.05) is 6.54 Å². The first-order chi connectivity index (χ1) is 7.25. The highest BCUT2D eigenvalue weighted by Gasteiger charge is 2.13. The Morgan fingerprint density at radius 2 is 2.33 bits per heavy atom. The summed E-state index contributed by atoms with van der Waals surface area (Å²) >= 11 is 3.38. The minimum absolute atomic E-state index is 0.0746. The molecular weight excluding hydrogens is 256 g/mol. The van der Waals surface area contributed by atoms with E-state index in [9.17, 15) is 4.79 Å². The van der Waals surface area contributed by atoms with E-state index in [-0.39, 0.29) is 5.56 Å². The van der Waals surface area contributed by atoms with Gasteiger partial charge in [-0.25, -0.2) is 0 Å². The average molecular weight is 271 g/mol. The zero-order chi connectivity index (χ0) is 10.7. The molecule has 0 amide bonds. The molecule has 2 rings (SSSR count). The summed E-state index contributed by atoms with van der Waals surface area (Å²) in [7, 11) is 0. The van der Waals surface area contributed by atoms with E-state index in [0.717, 1.165) is 17.6 Å². The first kappa shape index (κ1) is 10.9. The van der Waals surface area contributed by atoms with E-state index < -0.39 is 0 Å². The first-order valence-electron chi connectivity index (χ1n) is 5.35. The van der Waals surface area contributed by atoms with Crippen LogP contribution in [0.3, 0.4) is 0 Å². The third-order valence-corrected chi connectivity index (χ3v) is 3.25. The van der Waals surface area contributed by atoms with E-state index >= 15 is 0 Å². The maximum atomic E-state index is 11.6. The van der Waals surface area contributed by atoms with E-state index in [1.54, 1.807) is 16.7 Å². The summed E-state index contributed by atoms with van der Waals surface area (Å²) in [6.45, 7) is 1.85. The quantitative estimate of drug-likeness (QED) is 0.889. The second-order valence-electron chi connectivity index (χ2n) is 3.98. The van der Waals surface area contributed by atoms with Crippen LogP contribution in [0.4, 0.5) is 0 Å². The number of rotatable bonds is 2. The number of hydrogen-bond donors (Lipinski definition) is 1. The Morgan fingerprint density at radius 1 is 1.47 bits per heavy atom. The van der Waals surface area contributed by atoms with Gasteiger partial charge in [-0.1, -0.05) is 6.42 Å².